The van der Waals surface area contributed by atoms with E-state index < -0.39 is 4.92 Å². The summed E-state index contributed by atoms with van der Waals surface area (Å²) in [6.07, 6.45) is 2.26. The van der Waals surface area contributed by atoms with E-state index in [0.717, 1.165) is 0 Å². The quantitative estimate of drug-likeness (QED) is 0.613. The van der Waals surface area contributed by atoms with Gasteiger partial charge in [0, 0.05) is 30.9 Å². The van der Waals surface area contributed by atoms with Crippen LogP contribution in [0.4, 0.5) is 5.69 Å². The molecule has 0 aliphatic rings. The van der Waals surface area contributed by atoms with Gasteiger partial charge >= 0.3 is 0 Å². The van der Waals surface area contributed by atoms with Crippen molar-refractivity contribution in [3.63, 3.8) is 0 Å². The van der Waals surface area contributed by atoms with Crippen molar-refractivity contribution in [2.24, 2.45) is 5.73 Å². The van der Waals surface area contributed by atoms with Crippen LogP contribution in [0.25, 0.3) is 5.69 Å². The topological polar surface area (TPSA) is 116 Å². The highest BCUT2D eigenvalue weighted by Crippen LogP contribution is 2.16. The van der Waals surface area contributed by atoms with Gasteiger partial charge in [-0.15, -0.1) is 12.4 Å². The summed E-state index contributed by atoms with van der Waals surface area (Å²) < 4.78 is 1.42. The molecule has 2 rings (SSSR count). The van der Waals surface area contributed by atoms with Crippen LogP contribution in [0, 0.1) is 10.1 Å². The summed E-state index contributed by atoms with van der Waals surface area (Å²) in [5.74, 6) is -0.301. The van der Waals surface area contributed by atoms with Crippen molar-refractivity contribution in [2.45, 2.75) is 19.4 Å². The van der Waals surface area contributed by atoms with Crippen LogP contribution in [-0.2, 0) is 0 Å². The molecule has 8 nitrogen and oxygen atoms in total. The summed E-state index contributed by atoms with van der Waals surface area (Å²) in [5, 5.41) is 17.6. The molecule has 0 saturated carbocycles. The first-order chi connectivity index (χ1) is 10.5. The largest absolute Gasteiger partial charge is 0.351 e. The second-order valence-electron chi connectivity index (χ2n) is 4.94. The van der Waals surface area contributed by atoms with Gasteiger partial charge in [0.15, 0.2) is 5.69 Å². The van der Waals surface area contributed by atoms with Gasteiger partial charge in [-0.1, -0.05) is 6.07 Å². The molecule has 0 spiro atoms. The SMILES string of the molecule is CC(N)CCNC(=O)c1ccn(-c2cccc([N+](=O)[O-])c2)n1.Cl. The van der Waals surface area contributed by atoms with E-state index in [2.05, 4.69) is 10.4 Å². The Kier molecular flexibility index (Phi) is 6.67. The van der Waals surface area contributed by atoms with Crippen molar-refractivity contribution in [3.05, 3.63) is 52.3 Å². The van der Waals surface area contributed by atoms with Crippen molar-refractivity contribution < 1.29 is 9.72 Å². The molecule has 1 atom stereocenters. The normalized spacial score (nSPS) is 11.4. The first-order valence-corrected chi connectivity index (χ1v) is 6.81. The summed E-state index contributed by atoms with van der Waals surface area (Å²) >= 11 is 0. The lowest BCUT2D eigenvalue weighted by Crippen LogP contribution is -2.29. The predicted octanol–water partition coefficient (Wildman–Crippen LogP) is 1.67. The number of benzene rings is 1. The molecule has 1 amide bonds. The zero-order valence-electron chi connectivity index (χ0n) is 12.5. The maximum atomic E-state index is 11.9. The average Bonchev–Trinajstić information content (AvgIpc) is 2.96. The van der Waals surface area contributed by atoms with Crippen LogP contribution < -0.4 is 11.1 Å². The highest BCUT2D eigenvalue weighted by molar-refractivity contribution is 5.92. The number of hydrogen-bond donors (Lipinski definition) is 2. The molecule has 0 saturated heterocycles. The molecule has 2 aromatic rings. The number of carbonyl (C=O) groups excluding carboxylic acids is 1. The van der Waals surface area contributed by atoms with Gasteiger partial charge in [-0.05, 0) is 25.5 Å². The number of nitrogens with one attached hydrogen (secondary N) is 1. The monoisotopic (exact) mass is 339 g/mol. The van der Waals surface area contributed by atoms with Crippen LogP contribution in [0.3, 0.4) is 0 Å². The summed E-state index contributed by atoms with van der Waals surface area (Å²) in [5.41, 5.74) is 6.34. The maximum Gasteiger partial charge on any atom is 0.271 e. The first kappa shape index (κ1) is 18.6. The van der Waals surface area contributed by atoms with Crippen molar-refractivity contribution in [3.8, 4) is 5.69 Å². The third-order valence-electron chi connectivity index (χ3n) is 3.01. The lowest BCUT2D eigenvalue weighted by Gasteiger charge is -2.05. The van der Waals surface area contributed by atoms with Crippen LogP contribution in [0.1, 0.15) is 23.8 Å². The molecule has 1 heterocycles. The zero-order chi connectivity index (χ0) is 16.1. The van der Waals surface area contributed by atoms with Gasteiger partial charge in [-0.2, -0.15) is 5.10 Å². The Balaban J connectivity index is 0.00000264. The smallest absolute Gasteiger partial charge is 0.271 e. The minimum absolute atomic E-state index is 0. The number of rotatable bonds is 6. The molecule has 0 aliphatic heterocycles. The van der Waals surface area contributed by atoms with E-state index in [9.17, 15) is 14.9 Å². The van der Waals surface area contributed by atoms with Gasteiger partial charge in [0.2, 0.25) is 0 Å². The highest BCUT2D eigenvalue weighted by atomic mass is 35.5. The average molecular weight is 340 g/mol. The number of hydrogen-bond acceptors (Lipinski definition) is 5. The molecule has 124 valence electrons. The van der Waals surface area contributed by atoms with Gasteiger partial charge in [0.1, 0.15) is 0 Å². The second kappa shape index (κ2) is 8.25. The van der Waals surface area contributed by atoms with Crippen molar-refractivity contribution in [2.75, 3.05) is 6.54 Å². The fraction of sp³-hybridized carbons (Fsp3) is 0.286. The van der Waals surface area contributed by atoms with Crippen LogP contribution in [0.2, 0.25) is 0 Å². The third kappa shape index (κ3) is 5.04. The number of nitro groups is 1. The Morgan fingerprint density at radius 2 is 2.22 bits per heavy atom. The molecule has 0 aliphatic carbocycles. The van der Waals surface area contributed by atoms with E-state index in [-0.39, 0.29) is 35.7 Å². The molecule has 0 fully saturated rings. The molecular formula is C14H18ClN5O3. The van der Waals surface area contributed by atoms with E-state index in [1.165, 1.54) is 16.8 Å². The Bertz CT molecular complexity index is 687. The number of nitrogens with two attached hydrogens (primary N) is 1. The summed E-state index contributed by atoms with van der Waals surface area (Å²) in [7, 11) is 0. The van der Waals surface area contributed by atoms with Crippen LogP contribution >= 0.6 is 12.4 Å². The molecular weight excluding hydrogens is 322 g/mol. The number of nitro benzene ring substituents is 1. The van der Waals surface area contributed by atoms with Gasteiger partial charge in [-0.25, -0.2) is 4.68 Å². The maximum absolute atomic E-state index is 11.9. The zero-order valence-corrected chi connectivity index (χ0v) is 13.3. The number of aromatic nitrogens is 2. The van der Waals surface area contributed by atoms with Crippen molar-refractivity contribution in [1.29, 1.82) is 0 Å². The molecule has 1 unspecified atom stereocenters. The summed E-state index contributed by atoms with van der Waals surface area (Å²) in [4.78, 5) is 22.2. The number of nitrogens with zero attached hydrogens (tertiary/aromatic N) is 3. The Hall–Kier alpha value is -2.45. The second-order valence-corrected chi connectivity index (χ2v) is 4.94. The highest BCUT2D eigenvalue weighted by Gasteiger charge is 2.12. The van der Waals surface area contributed by atoms with Gasteiger partial charge in [0.05, 0.1) is 10.6 Å². The minimum atomic E-state index is -0.478. The lowest BCUT2D eigenvalue weighted by atomic mass is 10.2. The predicted molar refractivity (Wildman–Crippen MR) is 88.1 cm³/mol. The fourth-order valence-electron chi connectivity index (χ4n) is 1.84. The van der Waals surface area contributed by atoms with Crippen LogP contribution in [0.5, 0.6) is 0 Å². The number of non-ortho nitro benzene ring substituents is 1. The van der Waals surface area contributed by atoms with E-state index >= 15 is 0 Å². The Morgan fingerprint density at radius 1 is 1.48 bits per heavy atom. The number of carbonyl (C=O) groups is 1. The van der Waals surface area contributed by atoms with Gasteiger partial charge < -0.3 is 11.1 Å². The van der Waals surface area contributed by atoms with Crippen molar-refractivity contribution >= 4 is 24.0 Å². The standard InChI is InChI=1S/C14H17N5O3.ClH/c1-10(15)5-7-16-14(20)13-6-8-18(17-13)11-3-2-4-12(9-11)19(21)22;/h2-4,6,8-10H,5,7,15H2,1H3,(H,16,20);1H. The Labute approximate surface area is 139 Å². The molecule has 1 aromatic heterocycles. The Morgan fingerprint density at radius 3 is 2.87 bits per heavy atom. The van der Waals surface area contributed by atoms with E-state index in [0.29, 0.717) is 18.7 Å². The van der Waals surface area contributed by atoms with E-state index in [1.807, 2.05) is 6.92 Å². The molecule has 0 radical (unpaired) electrons. The van der Waals surface area contributed by atoms with Gasteiger partial charge in [-0.3, -0.25) is 14.9 Å². The van der Waals surface area contributed by atoms with Crippen LogP contribution in [0.15, 0.2) is 36.5 Å². The third-order valence-corrected chi connectivity index (χ3v) is 3.01. The fourth-order valence-corrected chi connectivity index (χ4v) is 1.84. The van der Waals surface area contributed by atoms with E-state index in [1.54, 1.807) is 24.4 Å². The summed E-state index contributed by atoms with van der Waals surface area (Å²) in [6, 6.07) is 7.61. The molecule has 9 heteroatoms. The van der Waals surface area contributed by atoms with E-state index in [4.69, 9.17) is 5.73 Å². The molecule has 3 N–H and O–H groups in total. The van der Waals surface area contributed by atoms with Crippen molar-refractivity contribution in [1.82, 2.24) is 15.1 Å². The molecule has 0 bridgehead atoms. The lowest BCUT2D eigenvalue weighted by molar-refractivity contribution is -0.384. The molecule has 23 heavy (non-hydrogen) atoms. The molecule has 1 aromatic carbocycles. The number of halogens is 1. The first-order valence-electron chi connectivity index (χ1n) is 6.81. The summed E-state index contributed by atoms with van der Waals surface area (Å²) in [6.45, 7) is 2.34. The minimum Gasteiger partial charge on any atom is -0.351 e. The van der Waals surface area contributed by atoms with Crippen LogP contribution in [-0.4, -0.2) is 33.2 Å². The van der Waals surface area contributed by atoms with Gasteiger partial charge in [0.25, 0.3) is 11.6 Å². The number of amides is 1.